The first kappa shape index (κ1) is 18.4. The molecule has 1 aromatic rings. The van der Waals surface area contributed by atoms with Gasteiger partial charge in [0.1, 0.15) is 5.00 Å². The number of ether oxygens (including phenoxy) is 1. The largest absolute Gasteiger partial charge is 0.450 e. The number of imide groups is 1. The fourth-order valence-corrected chi connectivity index (χ4v) is 3.94. The molecule has 0 aromatic carbocycles. The quantitative estimate of drug-likeness (QED) is 0.812. The van der Waals surface area contributed by atoms with E-state index in [0.717, 1.165) is 42.5 Å². The molecule has 0 atom stereocenters. The molecule has 0 spiro atoms. The Morgan fingerprint density at radius 1 is 1.17 bits per heavy atom. The number of hydrogen-bond donors (Lipinski definition) is 2. The minimum absolute atomic E-state index is 0.142. The van der Waals surface area contributed by atoms with Crippen LogP contribution in [0.1, 0.15) is 60.8 Å². The van der Waals surface area contributed by atoms with Gasteiger partial charge in [-0.05, 0) is 38.2 Å². The summed E-state index contributed by atoms with van der Waals surface area (Å²) < 4.78 is 4.78. The monoisotopic (exact) mass is 352 g/mol. The Bertz CT molecular complexity index is 637. The van der Waals surface area contributed by atoms with E-state index in [9.17, 15) is 14.4 Å². The third kappa shape index (κ3) is 4.35. The van der Waals surface area contributed by atoms with Gasteiger partial charge >= 0.3 is 6.09 Å². The molecule has 1 aromatic heterocycles. The van der Waals surface area contributed by atoms with Crippen LogP contribution >= 0.6 is 11.3 Å². The van der Waals surface area contributed by atoms with Crippen molar-refractivity contribution in [3.63, 3.8) is 0 Å². The molecule has 2 N–H and O–H groups in total. The van der Waals surface area contributed by atoms with Crippen LogP contribution in [0.2, 0.25) is 0 Å². The van der Waals surface area contributed by atoms with Gasteiger partial charge in [0.15, 0.2) is 0 Å². The second kappa shape index (κ2) is 8.28. The Balaban J connectivity index is 2.34. The first-order valence-corrected chi connectivity index (χ1v) is 9.19. The summed E-state index contributed by atoms with van der Waals surface area (Å²) in [5, 5.41) is 5.62. The molecule has 1 aliphatic rings. The number of alkyl carbamates (subject to hydrolysis) is 1. The summed E-state index contributed by atoms with van der Waals surface area (Å²) in [5.41, 5.74) is 1.37. The number of hydrogen-bond acceptors (Lipinski definition) is 5. The summed E-state index contributed by atoms with van der Waals surface area (Å²) in [6.45, 7) is 5.46. The average molecular weight is 352 g/mol. The van der Waals surface area contributed by atoms with E-state index in [1.807, 2.05) is 0 Å². The van der Waals surface area contributed by atoms with E-state index < -0.39 is 12.0 Å². The predicted octanol–water partition coefficient (Wildman–Crippen LogP) is 3.50. The molecule has 2 rings (SSSR count). The lowest BCUT2D eigenvalue weighted by atomic mass is 10.0. The van der Waals surface area contributed by atoms with Gasteiger partial charge in [-0.15, -0.1) is 11.3 Å². The lowest BCUT2D eigenvalue weighted by molar-refractivity contribution is -0.118. The molecule has 24 heavy (non-hydrogen) atoms. The third-order valence-corrected chi connectivity index (χ3v) is 5.11. The summed E-state index contributed by atoms with van der Waals surface area (Å²) >= 11 is 1.44. The molecular weight excluding hydrogens is 328 g/mol. The number of carbonyl (C=O) groups is 3. The van der Waals surface area contributed by atoms with Crippen LogP contribution in [0.25, 0.3) is 0 Å². The van der Waals surface area contributed by atoms with Crippen LogP contribution in [0.3, 0.4) is 0 Å². The van der Waals surface area contributed by atoms with Crippen molar-refractivity contribution in [1.29, 1.82) is 0 Å². The van der Waals surface area contributed by atoms with Gasteiger partial charge < -0.3 is 10.1 Å². The van der Waals surface area contributed by atoms with Crippen molar-refractivity contribution in [2.45, 2.75) is 52.9 Å². The zero-order valence-electron chi connectivity index (χ0n) is 14.4. The Morgan fingerprint density at radius 3 is 2.54 bits per heavy atom. The molecule has 0 radical (unpaired) electrons. The van der Waals surface area contributed by atoms with Crippen molar-refractivity contribution < 1.29 is 19.1 Å². The summed E-state index contributed by atoms with van der Waals surface area (Å²) in [5.74, 6) is -0.837. The number of anilines is 1. The van der Waals surface area contributed by atoms with E-state index in [0.29, 0.717) is 10.6 Å². The number of rotatable bonds is 4. The maximum Gasteiger partial charge on any atom is 0.414 e. The lowest BCUT2D eigenvalue weighted by Gasteiger charge is -2.10. The van der Waals surface area contributed by atoms with Gasteiger partial charge in [-0.1, -0.05) is 20.3 Å². The Morgan fingerprint density at radius 2 is 1.88 bits per heavy atom. The van der Waals surface area contributed by atoms with Crippen LogP contribution < -0.4 is 10.6 Å². The van der Waals surface area contributed by atoms with Crippen molar-refractivity contribution in [3.8, 4) is 0 Å². The first-order valence-electron chi connectivity index (χ1n) is 8.37. The number of aryl methyl sites for hydroxylation is 1. The molecule has 1 aliphatic carbocycles. The highest BCUT2D eigenvalue weighted by atomic mass is 32.1. The Hall–Kier alpha value is -1.89. The van der Waals surface area contributed by atoms with Gasteiger partial charge in [0.25, 0.3) is 5.91 Å². The number of amides is 3. The van der Waals surface area contributed by atoms with Crippen LogP contribution in [-0.4, -0.2) is 24.5 Å². The Kier molecular flexibility index (Phi) is 6.36. The number of carbonyl (C=O) groups excluding carboxylic acids is 3. The van der Waals surface area contributed by atoms with Crippen LogP contribution in [-0.2, 0) is 22.4 Å². The minimum atomic E-state index is -0.766. The molecule has 7 heteroatoms. The number of fused-ring (bicyclic) bond motifs is 1. The second-order valence-corrected chi connectivity index (χ2v) is 7.19. The summed E-state index contributed by atoms with van der Waals surface area (Å²) in [4.78, 5) is 37.4. The van der Waals surface area contributed by atoms with Crippen LogP contribution in [0.4, 0.5) is 9.80 Å². The molecule has 0 saturated heterocycles. The smallest absolute Gasteiger partial charge is 0.414 e. The topological polar surface area (TPSA) is 84.5 Å². The zero-order valence-corrected chi connectivity index (χ0v) is 15.2. The second-order valence-electron chi connectivity index (χ2n) is 6.09. The first-order chi connectivity index (χ1) is 11.4. The molecule has 0 unspecified atom stereocenters. The number of nitrogens with one attached hydrogen (secondary N) is 2. The van der Waals surface area contributed by atoms with Gasteiger partial charge in [-0.2, -0.15) is 0 Å². The lowest BCUT2D eigenvalue weighted by Crippen LogP contribution is -2.32. The van der Waals surface area contributed by atoms with E-state index in [2.05, 4.69) is 10.6 Å². The minimum Gasteiger partial charge on any atom is -0.450 e. The normalized spacial score (nSPS) is 13.8. The van der Waals surface area contributed by atoms with Gasteiger partial charge in [-0.3, -0.25) is 14.9 Å². The van der Waals surface area contributed by atoms with Gasteiger partial charge in [-0.25, -0.2) is 4.79 Å². The van der Waals surface area contributed by atoms with Crippen LogP contribution in [0.5, 0.6) is 0 Å². The zero-order chi connectivity index (χ0) is 17.7. The molecule has 0 fully saturated rings. The molecular formula is C17H24N2O4S. The van der Waals surface area contributed by atoms with E-state index >= 15 is 0 Å². The summed E-state index contributed by atoms with van der Waals surface area (Å²) in [6, 6.07) is 0. The Labute approximate surface area is 146 Å². The molecule has 0 aliphatic heterocycles. The summed E-state index contributed by atoms with van der Waals surface area (Å²) in [7, 11) is 0. The SMILES string of the molecule is CCOC(=O)NC(=O)c1c(NC(=O)C(C)C)sc2c1CCCCC2. The highest BCUT2D eigenvalue weighted by Gasteiger charge is 2.27. The maximum absolute atomic E-state index is 12.6. The fourth-order valence-electron chi connectivity index (χ4n) is 2.65. The van der Waals surface area contributed by atoms with Crippen molar-refractivity contribution in [3.05, 3.63) is 16.0 Å². The average Bonchev–Trinajstić information content (AvgIpc) is 2.68. The molecule has 6 nitrogen and oxygen atoms in total. The fraction of sp³-hybridized carbons (Fsp3) is 0.588. The highest BCUT2D eigenvalue weighted by molar-refractivity contribution is 7.17. The van der Waals surface area contributed by atoms with E-state index in [4.69, 9.17) is 4.74 Å². The molecule has 1 heterocycles. The number of thiophene rings is 1. The predicted molar refractivity (Wildman–Crippen MR) is 93.5 cm³/mol. The van der Waals surface area contributed by atoms with Crippen molar-refractivity contribution in [2.24, 2.45) is 5.92 Å². The van der Waals surface area contributed by atoms with Crippen LogP contribution in [0.15, 0.2) is 0 Å². The standard InChI is InChI=1S/C17H24N2O4S/c1-4-23-17(22)19-15(21)13-11-8-6-5-7-9-12(11)24-16(13)18-14(20)10(2)3/h10H,4-9H2,1-3H3,(H,18,20)(H,19,21,22). The van der Waals surface area contributed by atoms with E-state index in [-0.39, 0.29) is 18.4 Å². The van der Waals surface area contributed by atoms with E-state index in [1.54, 1.807) is 20.8 Å². The summed E-state index contributed by atoms with van der Waals surface area (Å²) in [6.07, 6.45) is 4.11. The molecule has 0 bridgehead atoms. The van der Waals surface area contributed by atoms with Crippen molar-refractivity contribution >= 4 is 34.2 Å². The molecule has 132 valence electrons. The van der Waals surface area contributed by atoms with Crippen molar-refractivity contribution in [2.75, 3.05) is 11.9 Å². The van der Waals surface area contributed by atoms with Crippen LogP contribution in [0, 0.1) is 5.92 Å². The van der Waals surface area contributed by atoms with Crippen molar-refractivity contribution in [1.82, 2.24) is 5.32 Å². The van der Waals surface area contributed by atoms with Gasteiger partial charge in [0.05, 0.1) is 12.2 Å². The van der Waals surface area contributed by atoms with E-state index in [1.165, 1.54) is 11.3 Å². The maximum atomic E-state index is 12.6. The third-order valence-electron chi connectivity index (χ3n) is 3.90. The van der Waals surface area contributed by atoms with Gasteiger partial charge in [0, 0.05) is 10.8 Å². The molecule has 3 amide bonds. The van der Waals surface area contributed by atoms with Gasteiger partial charge in [0.2, 0.25) is 5.91 Å². The highest BCUT2D eigenvalue weighted by Crippen LogP contribution is 2.37. The molecule has 0 saturated carbocycles.